The summed E-state index contributed by atoms with van der Waals surface area (Å²) in [6.07, 6.45) is 1.79. The number of nitrogens with zero attached hydrogens (tertiary/aromatic N) is 3. The lowest BCUT2D eigenvalue weighted by Gasteiger charge is -2.12. The van der Waals surface area contributed by atoms with E-state index in [2.05, 4.69) is 34.6 Å². The quantitative estimate of drug-likeness (QED) is 0.793. The van der Waals surface area contributed by atoms with Crippen LogP contribution in [0.25, 0.3) is 10.8 Å². The molecule has 0 fully saturated rings. The highest BCUT2D eigenvalue weighted by atomic mass is 16.3. The lowest BCUT2D eigenvalue weighted by Crippen LogP contribution is -2.15. The van der Waals surface area contributed by atoms with Gasteiger partial charge in [0.15, 0.2) is 0 Å². The molecule has 3 rings (SSSR count). The van der Waals surface area contributed by atoms with Gasteiger partial charge in [-0.05, 0) is 30.2 Å². The van der Waals surface area contributed by atoms with Gasteiger partial charge in [0, 0.05) is 0 Å². The van der Waals surface area contributed by atoms with Crippen LogP contribution in [0.4, 0.5) is 0 Å². The van der Waals surface area contributed by atoms with Crippen LogP contribution in [-0.2, 0) is 12.1 Å². The minimum Gasteiger partial charge on any atom is -0.384 e. The van der Waals surface area contributed by atoms with Crippen molar-refractivity contribution in [3.63, 3.8) is 0 Å². The molecule has 0 atom stereocenters. The molecule has 0 unspecified atom stereocenters. The summed E-state index contributed by atoms with van der Waals surface area (Å²) in [6.45, 7) is 4.06. The molecule has 3 aromatic rings. The second-order valence-electron chi connectivity index (χ2n) is 5.50. The summed E-state index contributed by atoms with van der Waals surface area (Å²) in [5, 5.41) is 20.5. The van der Waals surface area contributed by atoms with E-state index in [0.29, 0.717) is 12.2 Å². The first-order valence-corrected chi connectivity index (χ1v) is 6.64. The Balaban J connectivity index is 1.96. The van der Waals surface area contributed by atoms with E-state index in [4.69, 9.17) is 0 Å². The molecule has 0 bridgehead atoms. The van der Waals surface area contributed by atoms with Gasteiger partial charge < -0.3 is 5.11 Å². The Hall–Kier alpha value is -2.20. The van der Waals surface area contributed by atoms with E-state index in [9.17, 15) is 5.11 Å². The minimum atomic E-state index is -0.961. The number of aromatic nitrogens is 3. The minimum absolute atomic E-state index is 0.581. The molecule has 1 heterocycles. The topological polar surface area (TPSA) is 50.9 Å². The molecular weight excluding hydrogens is 250 g/mol. The molecule has 102 valence electrons. The maximum Gasteiger partial charge on any atom is 0.114 e. The van der Waals surface area contributed by atoms with Gasteiger partial charge in [0.05, 0.1) is 12.7 Å². The Morgan fingerprint density at radius 3 is 2.60 bits per heavy atom. The van der Waals surface area contributed by atoms with E-state index in [-0.39, 0.29) is 0 Å². The normalized spacial score (nSPS) is 11.9. The van der Waals surface area contributed by atoms with Crippen LogP contribution in [0.5, 0.6) is 0 Å². The molecular formula is C16H17N3O. The molecule has 2 aromatic carbocycles. The Bertz CT molecular complexity index is 735. The molecule has 0 aliphatic heterocycles. The first kappa shape index (κ1) is 12.8. The van der Waals surface area contributed by atoms with Crippen molar-refractivity contribution in [1.29, 1.82) is 0 Å². The number of benzene rings is 2. The summed E-state index contributed by atoms with van der Waals surface area (Å²) in [4.78, 5) is 0. The zero-order valence-electron chi connectivity index (χ0n) is 11.6. The monoisotopic (exact) mass is 267 g/mol. The predicted molar refractivity (Wildman–Crippen MR) is 78.3 cm³/mol. The standard InChI is InChI=1S/C16H17N3O/c1-16(2,20)15-11-19(18-17-15)10-13-8-5-7-12-6-3-4-9-14(12)13/h3-9,11,20H,10H2,1-2H3. The summed E-state index contributed by atoms with van der Waals surface area (Å²) in [6, 6.07) is 14.5. The number of aliphatic hydroxyl groups is 1. The fraction of sp³-hybridized carbons (Fsp3) is 0.250. The van der Waals surface area contributed by atoms with Crippen molar-refractivity contribution in [2.45, 2.75) is 26.0 Å². The predicted octanol–water partition coefficient (Wildman–Crippen LogP) is 2.71. The van der Waals surface area contributed by atoms with E-state index < -0.39 is 5.60 Å². The molecule has 0 saturated heterocycles. The van der Waals surface area contributed by atoms with Gasteiger partial charge in [-0.3, -0.25) is 0 Å². The second-order valence-corrected chi connectivity index (χ2v) is 5.50. The molecule has 20 heavy (non-hydrogen) atoms. The first-order valence-electron chi connectivity index (χ1n) is 6.64. The molecule has 0 spiro atoms. The fourth-order valence-electron chi connectivity index (χ4n) is 2.26. The average molecular weight is 267 g/mol. The lowest BCUT2D eigenvalue weighted by atomic mass is 10.0. The molecule has 4 heteroatoms. The summed E-state index contributed by atoms with van der Waals surface area (Å²) in [7, 11) is 0. The molecule has 0 saturated carbocycles. The molecule has 4 nitrogen and oxygen atoms in total. The highest BCUT2D eigenvalue weighted by Gasteiger charge is 2.20. The average Bonchev–Trinajstić information content (AvgIpc) is 2.88. The van der Waals surface area contributed by atoms with Gasteiger partial charge >= 0.3 is 0 Å². The van der Waals surface area contributed by atoms with Crippen LogP contribution in [0.3, 0.4) is 0 Å². The third-order valence-electron chi connectivity index (χ3n) is 3.38. The number of hydrogen-bond acceptors (Lipinski definition) is 3. The van der Waals surface area contributed by atoms with Crippen molar-refractivity contribution >= 4 is 10.8 Å². The van der Waals surface area contributed by atoms with Crippen molar-refractivity contribution in [3.05, 3.63) is 59.9 Å². The van der Waals surface area contributed by atoms with Crippen molar-refractivity contribution < 1.29 is 5.11 Å². The molecule has 0 aliphatic carbocycles. The van der Waals surface area contributed by atoms with Crippen LogP contribution < -0.4 is 0 Å². The largest absolute Gasteiger partial charge is 0.384 e. The third-order valence-corrected chi connectivity index (χ3v) is 3.38. The van der Waals surface area contributed by atoms with E-state index in [1.54, 1.807) is 24.7 Å². The maximum absolute atomic E-state index is 9.92. The number of fused-ring (bicyclic) bond motifs is 1. The van der Waals surface area contributed by atoms with Crippen LogP contribution in [0, 0.1) is 0 Å². The van der Waals surface area contributed by atoms with Crippen LogP contribution in [-0.4, -0.2) is 20.1 Å². The van der Waals surface area contributed by atoms with Gasteiger partial charge in [-0.1, -0.05) is 47.7 Å². The molecule has 0 radical (unpaired) electrons. The van der Waals surface area contributed by atoms with Crippen LogP contribution in [0.1, 0.15) is 25.1 Å². The Morgan fingerprint density at radius 2 is 1.85 bits per heavy atom. The van der Waals surface area contributed by atoms with Crippen molar-refractivity contribution in [2.75, 3.05) is 0 Å². The maximum atomic E-state index is 9.92. The summed E-state index contributed by atoms with van der Waals surface area (Å²) >= 11 is 0. The second kappa shape index (κ2) is 4.72. The SMILES string of the molecule is CC(C)(O)c1cn(Cc2cccc3ccccc23)nn1. The van der Waals surface area contributed by atoms with Crippen molar-refractivity contribution in [1.82, 2.24) is 15.0 Å². The van der Waals surface area contributed by atoms with Gasteiger partial charge in [0.2, 0.25) is 0 Å². The van der Waals surface area contributed by atoms with Gasteiger partial charge in [0.25, 0.3) is 0 Å². The van der Waals surface area contributed by atoms with Crippen LogP contribution in [0.2, 0.25) is 0 Å². The van der Waals surface area contributed by atoms with Crippen molar-refractivity contribution in [2.24, 2.45) is 0 Å². The molecule has 1 aromatic heterocycles. The van der Waals surface area contributed by atoms with Gasteiger partial charge in [-0.15, -0.1) is 5.10 Å². The molecule has 1 N–H and O–H groups in total. The van der Waals surface area contributed by atoms with Crippen LogP contribution in [0.15, 0.2) is 48.7 Å². The van der Waals surface area contributed by atoms with Gasteiger partial charge in [-0.25, -0.2) is 4.68 Å². The first-order chi connectivity index (χ1) is 9.54. The smallest absolute Gasteiger partial charge is 0.114 e. The van der Waals surface area contributed by atoms with Crippen LogP contribution >= 0.6 is 0 Å². The fourth-order valence-corrected chi connectivity index (χ4v) is 2.26. The van der Waals surface area contributed by atoms with E-state index in [1.165, 1.54) is 16.3 Å². The molecule has 0 amide bonds. The lowest BCUT2D eigenvalue weighted by molar-refractivity contribution is 0.0737. The highest BCUT2D eigenvalue weighted by Crippen LogP contribution is 2.20. The van der Waals surface area contributed by atoms with E-state index in [0.717, 1.165) is 0 Å². The van der Waals surface area contributed by atoms with E-state index in [1.807, 2.05) is 18.2 Å². The summed E-state index contributed by atoms with van der Waals surface area (Å²) in [5.41, 5.74) is 0.810. The Morgan fingerprint density at radius 1 is 1.10 bits per heavy atom. The summed E-state index contributed by atoms with van der Waals surface area (Å²) < 4.78 is 1.76. The van der Waals surface area contributed by atoms with Crippen molar-refractivity contribution in [3.8, 4) is 0 Å². The molecule has 0 aliphatic rings. The zero-order valence-corrected chi connectivity index (χ0v) is 11.6. The number of hydrogen-bond donors (Lipinski definition) is 1. The Labute approximate surface area is 117 Å². The van der Waals surface area contributed by atoms with Gasteiger partial charge in [-0.2, -0.15) is 0 Å². The zero-order chi connectivity index (χ0) is 14.2. The highest BCUT2D eigenvalue weighted by molar-refractivity contribution is 5.85. The summed E-state index contributed by atoms with van der Waals surface area (Å²) in [5.74, 6) is 0. The van der Waals surface area contributed by atoms with Gasteiger partial charge in [0.1, 0.15) is 11.3 Å². The Kier molecular flexibility index (Phi) is 3.03. The third kappa shape index (κ3) is 2.42. The number of rotatable bonds is 3. The van der Waals surface area contributed by atoms with E-state index >= 15 is 0 Å².